The molecule has 16 heavy (non-hydrogen) atoms. The maximum Gasteiger partial charge on any atom is 1.00 e. The number of nitrogens with one attached hydrogen (secondary N) is 1. The molecule has 0 aromatic heterocycles. The molecule has 1 aromatic rings. The predicted molar refractivity (Wildman–Crippen MR) is 56.1 cm³/mol. The zero-order valence-electron chi connectivity index (χ0n) is 9.89. The van der Waals surface area contributed by atoms with Crippen LogP contribution in [0, 0.1) is 0 Å². The maximum atomic E-state index is 10.8. The number of nitrogens with two attached hydrogens (primary N) is 1. The summed E-state index contributed by atoms with van der Waals surface area (Å²) in [7, 11) is -4.32. The van der Waals surface area contributed by atoms with Crippen LogP contribution in [0.25, 0.3) is 0 Å². The monoisotopic (exact) mass is 254 g/mol. The van der Waals surface area contributed by atoms with Gasteiger partial charge >= 0.3 is 29.6 Å². The Kier molecular flexibility index (Phi) is 5.43. The van der Waals surface area contributed by atoms with E-state index in [2.05, 4.69) is 5.32 Å². The first-order valence-corrected chi connectivity index (χ1v) is 5.39. The molecule has 0 heterocycles. The van der Waals surface area contributed by atoms with Crippen LogP contribution in [-0.2, 0) is 14.9 Å². The van der Waals surface area contributed by atoms with Crippen LogP contribution in [0.5, 0.6) is 0 Å². The van der Waals surface area contributed by atoms with E-state index < -0.39 is 10.1 Å². The molecule has 84 valence electrons. The topological polar surface area (TPSA) is 109 Å². The molecule has 0 radical (unpaired) electrons. The van der Waals surface area contributed by atoms with Gasteiger partial charge in [-0.2, -0.15) is 8.42 Å². The molecule has 0 saturated carbocycles. The third-order valence-electron chi connectivity index (χ3n) is 1.61. The largest absolute Gasteiger partial charge is 1.00 e. The summed E-state index contributed by atoms with van der Waals surface area (Å²) < 4.78 is 30.3. The number of carbonyl (C=O) groups excluding carboxylic acids is 1. The zero-order chi connectivity index (χ0) is 11.6. The summed E-state index contributed by atoms with van der Waals surface area (Å²) in [5, 5.41) is 2.43. The van der Waals surface area contributed by atoms with E-state index in [-0.39, 0.29) is 47.5 Å². The van der Waals surface area contributed by atoms with Gasteiger partial charge in [-0.25, -0.2) is 0 Å². The van der Waals surface area contributed by atoms with Crippen molar-refractivity contribution in [1.82, 2.24) is 0 Å². The molecule has 1 aromatic carbocycles. The summed E-state index contributed by atoms with van der Waals surface area (Å²) in [4.78, 5) is 10.3. The van der Waals surface area contributed by atoms with Crippen LogP contribution in [0.15, 0.2) is 23.1 Å². The number of hydrogen-bond acceptors (Lipinski definition) is 4. The summed E-state index contributed by atoms with van der Waals surface area (Å²) in [6, 6.07) is 3.71. The molecule has 1 rings (SSSR count). The van der Waals surface area contributed by atoms with Gasteiger partial charge in [-0.1, -0.05) is 0 Å². The molecule has 0 fully saturated rings. The molecule has 0 atom stereocenters. The van der Waals surface area contributed by atoms with Crippen molar-refractivity contribution in [2.24, 2.45) is 0 Å². The number of anilines is 2. The molecule has 6 nitrogen and oxygen atoms in total. The third-order valence-corrected chi connectivity index (χ3v) is 2.54. The van der Waals surface area contributed by atoms with Gasteiger partial charge in [0.1, 0.15) is 4.90 Å². The Labute approximate surface area is 117 Å². The quantitative estimate of drug-likeness (QED) is 0.309. The second kappa shape index (κ2) is 5.65. The molecule has 0 unspecified atom stereocenters. The van der Waals surface area contributed by atoms with Gasteiger partial charge in [0.25, 0.3) is 10.1 Å². The van der Waals surface area contributed by atoms with Crippen LogP contribution in [-0.4, -0.2) is 18.9 Å². The van der Waals surface area contributed by atoms with Crippen molar-refractivity contribution in [3.8, 4) is 0 Å². The predicted octanol–water partition coefficient (Wildman–Crippen LogP) is -2.41. The minimum Gasteiger partial charge on any atom is -1.00 e. The molecule has 1 amide bonds. The molecule has 0 saturated heterocycles. The van der Waals surface area contributed by atoms with E-state index in [0.717, 1.165) is 6.07 Å². The zero-order valence-corrected chi connectivity index (χ0v) is 11.7. The number of nitrogen functional groups attached to an aromatic ring is 1. The van der Waals surface area contributed by atoms with Crippen molar-refractivity contribution in [3.63, 3.8) is 0 Å². The van der Waals surface area contributed by atoms with Gasteiger partial charge in [-0.05, 0) is 18.2 Å². The smallest absolute Gasteiger partial charge is 1.00 e. The van der Waals surface area contributed by atoms with Crippen molar-refractivity contribution >= 4 is 27.4 Å². The van der Waals surface area contributed by atoms with E-state index in [1.54, 1.807) is 0 Å². The molecule has 0 bridgehead atoms. The van der Waals surface area contributed by atoms with Crippen molar-refractivity contribution < 1.29 is 48.7 Å². The van der Waals surface area contributed by atoms with E-state index >= 15 is 0 Å². The van der Waals surface area contributed by atoms with Crippen molar-refractivity contribution in [2.45, 2.75) is 11.8 Å². The Morgan fingerprint density at radius 1 is 1.50 bits per heavy atom. The summed E-state index contributed by atoms with van der Waals surface area (Å²) in [5.41, 5.74) is 5.64. The molecular weight excluding hydrogens is 243 g/mol. The van der Waals surface area contributed by atoms with Crippen molar-refractivity contribution in [1.29, 1.82) is 0 Å². The summed E-state index contributed by atoms with van der Waals surface area (Å²) in [6.45, 7) is 1.31. The normalized spacial score (nSPS) is 10.4. The molecule has 0 spiro atoms. The summed E-state index contributed by atoms with van der Waals surface area (Å²) in [6.07, 6.45) is 0. The van der Waals surface area contributed by atoms with Gasteiger partial charge in [0.05, 0.1) is 5.69 Å². The first-order valence-electron chi connectivity index (χ1n) is 3.95. The van der Waals surface area contributed by atoms with Crippen LogP contribution < -0.4 is 40.6 Å². The van der Waals surface area contributed by atoms with Crippen LogP contribution in [0.2, 0.25) is 0 Å². The Bertz CT molecular complexity index is 506. The van der Waals surface area contributed by atoms with Gasteiger partial charge in [0.15, 0.2) is 0 Å². The SMILES string of the molecule is CC(=O)Nc1ccc(S(=O)(=O)O)c(N)c1.[H-].[Na+]. The number of hydrogen-bond donors (Lipinski definition) is 3. The van der Waals surface area contributed by atoms with Crippen molar-refractivity contribution in [2.75, 3.05) is 11.1 Å². The molecule has 4 N–H and O–H groups in total. The second-order valence-electron chi connectivity index (χ2n) is 2.91. The first kappa shape index (κ1) is 15.4. The Balaban J connectivity index is 0. The minimum absolute atomic E-state index is 0. The van der Waals surface area contributed by atoms with Gasteiger partial charge in [0, 0.05) is 12.6 Å². The standard InChI is InChI=1S/C8H10N2O4S.Na.H/c1-5(11)10-6-2-3-8(7(9)4-6)15(12,13)14;;/h2-4H,9H2,1H3,(H,10,11)(H,12,13,14);;/q;+1;-1. The number of amides is 1. The van der Waals surface area contributed by atoms with Gasteiger partial charge < -0.3 is 12.5 Å². The fraction of sp³-hybridized carbons (Fsp3) is 0.125. The average Bonchev–Trinajstić information content (AvgIpc) is 1.99. The summed E-state index contributed by atoms with van der Waals surface area (Å²) >= 11 is 0. The van der Waals surface area contributed by atoms with Gasteiger partial charge in [0.2, 0.25) is 5.91 Å². The average molecular weight is 254 g/mol. The fourth-order valence-electron chi connectivity index (χ4n) is 1.06. The third kappa shape index (κ3) is 4.11. The van der Waals surface area contributed by atoms with Gasteiger partial charge in [-0.15, -0.1) is 0 Å². The minimum atomic E-state index is -4.32. The molecule has 0 aliphatic heterocycles. The van der Waals surface area contributed by atoms with Crippen LogP contribution in [0.3, 0.4) is 0 Å². The Morgan fingerprint density at radius 2 is 2.06 bits per heavy atom. The molecule has 0 aliphatic rings. The van der Waals surface area contributed by atoms with Crippen LogP contribution in [0.1, 0.15) is 8.35 Å². The number of rotatable bonds is 2. The van der Waals surface area contributed by atoms with Crippen LogP contribution >= 0.6 is 0 Å². The Hall–Kier alpha value is -0.600. The van der Waals surface area contributed by atoms with E-state index in [1.807, 2.05) is 0 Å². The van der Waals surface area contributed by atoms with Crippen LogP contribution in [0.4, 0.5) is 11.4 Å². The van der Waals surface area contributed by atoms with E-state index in [9.17, 15) is 13.2 Å². The van der Waals surface area contributed by atoms with E-state index in [1.165, 1.54) is 19.1 Å². The van der Waals surface area contributed by atoms with E-state index in [4.69, 9.17) is 10.3 Å². The fourth-order valence-corrected chi connectivity index (χ4v) is 1.66. The van der Waals surface area contributed by atoms with Gasteiger partial charge in [-0.3, -0.25) is 9.35 Å². The number of benzene rings is 1. The first-order chi connectivity index (χ1) is 6.80. The molecule has 0 aliphatic carbocycles. The summed E-state index contributed by atoms with van der Waals surface area (Å²) in [5.74, 6) is -0.297. The Morgan fingerprint density at radius 3 is 2.44 bits per heavy atom. The second-order valence-corrected chi connectivity index (χ2v) is 4.30. The maximum absolute atomic E-state index is 10.8. The number of carbonyl (C=O) groups is 1. The molecule has 8 heteroatoms. The van der Waals surface area contributed by atoms with Crippen molar-refractivity contribution in [3.05, 3.63) is 18.2 Å². The molecular formula is C8H11N2NaO4S. The van der Waals surface area contributed by atoms with E-state index in [0.29, 0.717) is 5.69 Å².